The minimum absolute atomic E-state index is 0.0303. The summed E-state index contributed by atoms with van der Waals surface area (Å²) in [5.74, 6) is 0.795. The van der Waals surface area contributed by atoms with Crippen LogP contribution in [0.25, 0.3) is 5.57 Å². The van der Waals surface area contributed by atoms with E-state index in [4.69, 9.17) is 16.3 Å². The van der Waals surface area contributed by atoms with E-state index in [-0.39, 0.29) is 6.61 Å². The van der Waals surface area contributed by atoms with Gasteiger partial charge in [0.05, 0.1) is 6.61 Å². The molecule has 3 heteroatoms. The van der Waals surface area contributed by atoms with Gasteiger partial charge in [-0.3, -0.25) is 0 Å². The molecule has 1 aliphatic heterocycles. The van der Waals surface area contributed by atoms with Crippen LogP contribution >= 0.6 is 11.6 Å². The van der Waals surface area contributed by atoms with Gasteiger partial charge in [0.2, 0.25) is 0 Å². The Morgan fingerprint density at radius 1 is 1.50 bits per heavy atom. The van der Waals surface area contributed by atoms with Crippen LogP contribution in [0, 0.1) is 0 Å². The van der Waals surface area contributed by atoms with E-state index in [9.17, 15) is 5.11 Å². The summed E-state index contributed by atoms with van der Waals surface area (Å²) in [7, 11) is 0. The molecule has 2 rings (SSSR count). The van der Waals surface area contributed by atoms with Gasteiger partial charge in [-0.05, 0) is 36.3 Å². The van der Waals surface area contributed by atoms with Crippen molar-refractivity contribution in [2.24, 2.45) is 0 Å². The fraction of sp³-hybridized carbons (Fsp3) is 0.273. The van der Waals surface area contributed by atoms with Crippen molar-refractivity contribution in [1.82, 2.24) is 0 Å². The van der Waals surface area contributed by atoms with Crippen LogP contribution in [0.1, 0.15) is 12.5 Å². The predicted octanol–water partition coefficient (Wildman–Crippen LogP) is 2.50. The van der Waals surface area contributed by atoms with Gasteiger partial charge in [-0.1, -0.05) is 11.6 Å². The lowest BCUT2D eigenvalue weighted by Crippen LogP contribution is -2.11. The highest BCUT2D eigenvalue weighted by atomic mass is 35.5. The second-order valence-corrected chi connectivity index (χ2v) is 3.78. The molecule has 0 saturated carbocycles. The third kappa shape index (κ3) is 1.51. The van der Waals surface area contributed by atoms with Gasteiger partial charge in [-0.2, -0.15) is 0 Å². The molecule has 14 heavy (non-hydrogen) atoms. The zero-order valence-electron chi connectivity index (χ0n) is 7.88. The molecule has 0 radical (unpaired) electrons. The van der Waals surface area contributed by atoms with Gasteiger partial charge in [0.1, 0.15) is 12.4 Å². The third-order valence-electron chi connectivity index (χ3n) is 2.38. The van der Waals surface area contributed by atoms with Gasteiger partial charge in [0, 0.05) is 10.6 Å². The number of halogens is 1. The summed E-state index contributed by atoms with van der Waals surface area (Å²) in [4.78, 5) is 0. The van der Waals surface area contributed by atoms with Gasteiger partial charge in [-0.15, -0.1) is 0 Å². The summed E-state index contributed by atoms with van der Waals surface area (Å²) in [5.41, 5.74) is 2.89. The fourth-order valence-corrected chi connectivity index (χ4v) is 1.76. The smallest absolute Gasteiger partial charge is 0.127 e. The van der Waals surface area contributed by atoms with Crippen molar-refractivity contribution in [3.63, 3.8) is 0 Å². The van der Waals surface area contributed by atoms with Crippen LogP contribution in [-0.2, 0) is 0 Å². The summed E-state index contributed by atoms with van der Waals surface area (Å²) >= 11 is 5.89. The SMILES string of the molecule is CC1=C(CO)c2cc(Cl)ccc2OC1. The van der Waals surface area contributed by atoms with Crippen LogP contribution in [0.15, 0.2) is 23.8 Å². The van der Waals surface area contributed by atoms with Crippen molar-refractivity contribution in [2.75, 3.05) is 13.2 Å². The first-order valence-electron chi connectivity index (χ1n) is 4.44. The maximum absolute atomic E-state index is 9.24. The number of ether oxygens (including phenoxy) is 1. The Balaban J connectivity index is 2.58. The summed E-state index contributed by atoms with van der Waals surface area (Å²) in [5, 5.41) is 9.90. The van der Waals surface area contributed by atoms with Gasteiger partial charge in [-0.25, -0.2) is 0 Å². The van der Waals surface area contributed by atoms with Crippen LogP contribution in [-0.4, -0.2) is 18.3 Å². The van der Waals surface area contributed by atoms with E-state index in [1.807, 2.05) is 19.1 Å². The van der Waals surface area contributed by atoms with Crippen molar-refractivity contribution >= 4 is 17.2 Å². The molecule has 0 aromatic heterocycles. The fourth-order valence-electron chi connectivity index (χ4n) is 1.59. The van der Waals surface area contributed by atoms with Gasteiger partial charge < -0.3 is 9.84 Å². The Kier molecular flexibility index (Phi) is 2.48. The molecule has 0 fully saturated rings. The van der Waals surface area contributed by atoms with Gasteiger partial charge in [0.25, 0.3) is 0 Å². The van der Waals surface area contributed by atoms with E-state index in [0.29, 0.717) is 11.6 Å². The van der Waals surface area contributed by atoms with E-state index in [2.05, 4.69) is 0 Å². The molecular formula is C11H11ClO2. The Morgan fingerprint density at radius 2 is 2.29 bits per heavy atom. The number of aliphatic hydroxyl groups is 1. The summed E-state index contributed by atoms with van der Waals surface area (Å²) < 4.78 is 5.50. The zero-order chi connectivity index (χ0) is 10.1. The highest BCUT2D eigenvalue weighted by molar-refractivity contribution is 6.30. The van der Waals surface area contributed by atoms with E-state index < -0.39 is 0 Å². The molecule has 1 aliphatic rings. The third-order valence-corrected chi connectivity index (χ3v) is 2.62. The molecule has 0 saturated heterocycles. The van der Waals surface area contributed by atoms with Crippen molar-refractivity contribution in [1.29, 1.82) is 0 Å². The Morgan fingerprint density at radius 3 is 3.00 bits per heavy atom. The van der Waals surface area contributed by atoms with Crippen LogP contribution in [0.2, 0.25) is 5.02 Å². The average molecular weight is 211 g/mol. The number of hydrogen-bond donors (Lipinski definition) is 1. The van der Waals surface area contributed by atoms with Crippen LogP contribution in [0.3, 0.4) is 0 Å². The second-order valence-electron chi connectivity index (χ2n) is 3.35. The lowest BCUT2D eigenvalue weighted by atomic mass is 9.99. The number of fused-ring (bicyclic) bond motifs is 1. The topological polar surface area (TPSA) is 29.5 Å². The largest absolute Gasteiger partial charge is 0.489 e. The molecule has 1 aromatic rings. The first-order chi connectivity index (χ1) is 6.72. The number of benzene rings is 1. The van der Waals surface area contributed by atoms with Crippen LogP contribution in [0.4, 0.5) is 0 Å². The predicted molar refractivity (Wildman–Crippen MR) is 56.6 cm³/mol. The zero-order valence-corrected chi connectivity index (χ0v) is 8.64. The quantitative estimate of drug-likeness (QED) is 0.772. The lowest BCUT2D eigenvalue weighted by molar-refractivity contribution is 0.325. The molecule has 74 valence electrons. The normalized spacial score (nSPS) is 15.1. The summed E-state index contributed by atoms with van der Waals surface area (Å²) in [6.07, 6.45) is 0. The van der Waals surface area contributed by atoms with Crippen molar-refractivity contribution < 1.29 is 9.84 Å². The molecule has 1 N–H and O–H groups in total. The molecule has 0 aliphatic carbocycles. The first-order valence-corrected chi connectivity index (χ1v) is 4.82. The van der Waals surface area contributed by atoms with E-state index in [1.54, 1.807) is 6.07 Å². The molecular weight excluding hydrogens is 200 g/mol. The molecule has 0 bridgehead atoms. The Hall–Kier alpha value is -0.990. The highest BCUT2D eigenvalue weighted by Gasteiger charge is 2.16. The van der Waals surface area contributed by atoms with Gasteiger partial charge >= 0.3 is 0 Å². The van der Waals surface area contributed by atoms with Crippen LogP contribution in [0.5, 0.6) is 5.75 Å². The van der Waals surface area contributed by atoms with E-state index >= 15 is 0 Å². The Bertz CT molecular complexity index is 396. The minimum atomic E-state index is 0.0303. The van der Waals surface area contributed by atoms with E-state index in [0.717, 1.165) is 22.5 Å². The molecule has 0 atom stereocenters. The number of hydrogen-bond acceptors (Lipinski definition) is 2. The van der Waals surface area contributed by atoms with Crippen LogP contribution < -0.4 is 4.74 Å². The molecule has 0 spiro atoms. The molecule has 1 heterocycles. The summed E-state index contributed by atoms with van der Waals surface area (Å²) in [6, 6.07) is 5.45. The van der Waals surface area contributed by atoms with Crippen molar-refractivity contribution in [2.45, 2.75) is 6.92 Å². The standard InChI is InChI=1S/C11H11ClO2/c1-7-6-14-11-3-2-8(12)4-9(11)10(7)5-13/h2-4,13H,5-6H2,1H3. The highest BCUT2D eigenvalue weighted by Crippen LogP contribution is 2.34. The maximum Gasteiger partial charge on any atom is 0.127 e. The second kappa shape index (κ2) is 3.64. The van der Waals surface area contributed by atoms with Crippen molar-refractivity contribution in [3.05, 3.63) is 34.4 Å². The first kappa shape index (κ1) is 9.56. The van der Waals surface area contributed by atoms with E-state index in [1.165, 1.54) is 0 Å². The molecule has 0 amide bonds. The molecule has 2 nitrogen and oxygen atoms in total. The van der Waals surface area contributed by atoms with Gasteiger partial charge in [0.15, 0.2) is 0 Å². The molecule has 0 unspecified atom stereocenters. The maximum atomic E-state index is 9.24. The minimum Gasteiger partial charge on any atom is -0.489 e. The van der Waals surface area contributed by atoms with Crippen molar-refractivity contribution in [3.8, 4) is 5.75 Å². The lowest BCUT2D eigenvalue weighted by Gasteiger charge is -2.21. The number of rotatable bonds is 1. The number of aliphatic hydroxyl groups excluding tert-OH is 1. The summed E-state index contributed by atoms with van der Waals surface area (Å²) in [6.45, 7) is 2.53. The Labute approximate surface area is 87.8 Å². The molecule has 1 aromatic carbocycles. The average Bonchev–Trinajstić information content (AvgIpc) is 2.17. The monoisotopic (exact) mass is 210 g/mol.